The highest BCUT2D eigenvalue weighted by Gasteiger charge is 2.19. The van der Waals surface area contributed by atoms with Gasteiger partial charge < -0.3 is 5.32 Å². The van der Waals surface area contributed by atoms with Gasteiger partial charge in [0, 0.05) is 11.4 Å². The highest BCUT2D eigenvalue weighted by atomic mass is 32.2. The van der Waals surface area contributed by atoms with Crippen LogP contribution in [-0.2, 0) is 5.75 Å². The molecular formula is C21H25N5OS2. The minimum absolute atomic E-state index is 0.0525. The molecule has 0 spiro atoms. The van der Waals surface area contributed by atoms with Crippen molar-refractivity contribution in [2.75, 3.05) is 0 Å². The van der Waals surface area contributed by atoms with Gasteiger partial charge in [-0.3, -0.25) is 9.36 Å². The maximum atomic E-state index is 12.5. The molecule has 1 saturated carbocycles. The van der Waals surface area contributed by atoms with Crippen LogP contribution in [0.15, 0.2) is 34.8 Å². The summed E-state index contributed by atoms with van der Waals surface area (Å²) in [6.07, 6.45) is 5.83. The lowest BCUT2D eigenvalue weighted by molar-refractivity contribution is 0.0923. The van der Waals surface area contributed by atoms with Crippen molar-refractivity contribution in [3.8, 4) is 5.69 Å². The molecule has 0 radical (unpaired) electrons. The van der Waals surface area contributed by atoms with Gasteiger partial charge in [0.05, 0.1) is 11.4 Å². The van der Waals surface area contributed by atoms with Gasteiger partial charge in [-0.1, -0.05) is 49.2 Å². The third-order valence-corrected chi connectivity index (χ3v) is 7.17. The molecule has 0 aliphatic heterocycles. The Kier molecular flexibility index (Phi) is 6.30. The molecule has 2 heterocycles. The van der Waals surface area contributed by atoms with Gasteiger partial charge >= 0.3 is 0 Å². The van der Waals surface area contributed by atoms with Crippen LogP contribution in [0, 0.1) is 13.8 Å². The number of hydrogen-bond acceptors (Lipinski definition) is 6. The van der Waals surface area contributed by atoms with E-state index >= 15 is 0 Å². The molecule has 1 aromatic carbocycles. The normalized spacial score (nSPS) is 14.8. The van der Waals surface area contributed by atoms with E-state index in [0.29, 0.717) is 17.5 Å². The van der Waals surface area contributed by atoms with Gasteiger partial charge in [0.25, 0.3) is 5.91 Å². The van der Waals surface area contributed by atoms with Crippen molar-refractivity contribution in [2.45, 2.75) is 62.9 Å². The lowest BCUT2D eigenvalue weighted by Gasteiger charge is -2.22. The van der Waals surface area contributed by atoms with Gasteiger partial charge in [-0.05, 0) is 38.3 Å². The quantitative estimate of drug-likeness (QED) is 0.578. The molecular weight excluding hydrogens is 402 g/mol. The molecule has 0 bridgehead atoms. The number of aryl methyl sites for hydroxylation is 2. The smallest absolute Gasteiger partial charge is 0.270 e. The fourth-order valence-corrected chi connectivity index (χ4v) is 5.42. The van der Waals surface area contributed by atoms with E-state index in [1.807, 2.05) is 24.4 Å². The summed E-state index contributed by atoms with van der Waals surface area (Å²) in [5, 5.41) is 15.3. The number of carbonyl (C=O) groups is 1. The fraction of sp³-hybridized carbons (Fsp3) is 0.429. The summed E-state index contributed by atoms with van der Waals surface area (Å²) in [6.45, 7) is 4.04. The van der Waals surface area contributed by atoms with Gasteiger partial charge in [0.2, 0.25) is 0 Å². The first-order valence-electron chi connectivity index (χ1n) is 9.98. The van der Waals surface area contributed by atoms with Gasteiger partial charge in [-0.25, -0.2) is 4.98 Å². The monoisotopic (exact) mass is 427 g/mol. The summed E-state index contributed by atoms with van der Waals surface area (Å²) in [6, 6.07) is 8.51. The van der Waals surface area contributed by atoms with Gasteiger partial charge in [-0.15, -0.1) is 21.5 Å². The number of thioether (sulfide) groups is 1. The van der Waals surface area contributed by atoms with Gasteiger partial charge in [0.15, 0.2) is 5.16 Å². The molecule has 1 aliphatic carbocycles. The van der Waals surface area contributed by atoms with Crippen LogP contribution in [0.4, 0.5) is 0 Å². The highest BCUT2D eigenvalue weighted by Crippen LogP contribution is 2.27. The molecule has 4 rings (SSSR count). The minimum Gasteiger partial charge on any atom is -0.348 e. The number of thiazole rings is 1. The number of aromatic nitrogens is 4. The van der Waals surface area contributed by atoms with Crippen LogP contribution in [-0.4, -0.2) is 31.7 Å². The molecule has 1 N–H and O–H groups in total. The van der Waals surface area contributed by atoms with E-state index in [9.17, 15) is 4.79 Å². The summed E-state index contributed by atoms with van der Waals surface area (Å²) in [4.78, 5) is 17.0. The first kappa shape index (κ1) is 20.1. The molecule has 0 atom stereocenters. The number of para-hydroxylation sites is 1. The Balaban J connectivity index is 1.42. The zero-order chi connectivity index (χ0) is 20.2. The number of amides is 1. The second-order valence-electron chi connectivity index (χ2n) is 7.38. The zero-order valence-corrected chi connectivity index (χ0v) is 18.4. The molecule has 152 valence electrons. The summed E-state index contributed by atoms with van der Waals surface area (Å²) < 4.78 is 2.07. The van der Waals surface area contributed by atoms with Crippen LogP contribution >= 0.6 is 23.1 Å². The number of nitrogens with one attached hydrogen (secondary N) is 1. The van der Waals surface area contributed by atoms with Crippen molar-refractivity contribution in [1.29, 1.82) is 0 Å². The molecule has 1 aliphatic rings. The van der Waals surface area contributed by atoms with Crippen molar-refractivity contribution in [3.05, 3.63) is 51.7 Å². The van der Waals surface area contributed by atoms with Gasteiger partial charge in [-0.2, -0.15) is 0 Å². The second kappa shape index (κ2) is 9.09. The van der Waals surface area contributed by atoms with Crippen molar-refractivity contribution in [2.24, 2.45) is 0 Å². The zero-order valence-electron chi connectivity index (χ0n) is 16.7. The Hall–Kier alpha value is -2.19. The molecule has 3 aromatic rings. The average Bonchev–Trinajstić information content (AvgIpc) is 3.34. The van der Waals surface area contributed by atoms with Crippen molar-refractivity contribution in [1.82, 2.24) is 25.1 Å². The molecule has 6 nitrogen and oxygen atoms in total. The molecule has 8 heteroatoms. The number of benzene rings is 1. The van der Waals surface area contributed by atoms with Crippen molar-refractivity contribution in [3.63, 3.8) is 0 Å². The van der Waals surface area contributed by atoms with E-state index in [4.69, 9.17) is 0 Å². The maximum Gasteiger partial charge on any atom is 0.270 e. The molecule has 0 unspecified atom stereocenters. The van der Waals surface area contributed by atoms with Crippen molar-refractivity contribution < 1.29 is 4.79 Å². The first-order chi connectivity index (χ1) is 14.1. The van der Waals surface area contributed by atoms with Crippen LogP contribution in [0.2, 0.25) is 0 Å². The Bertz CT molecular complexity index is 991. The van der Waals surface area contributed by atoms with E-state index in [1.165, 1.54) is 36.2 Å². The van der Waals surface area contributed by atoms with Crippen LogP contribution in [0.3, 0.4) is 0 Å². The van der Waals surface area contributed by atoms with E-state index in [0.717, 1.165) is 34.5 Å². The molecule has 1 fully saturated rings. The number of carbonyl (C=O) groups excluding carboxylic acids is 1. The molecule has 1 amide bonds. The van der Waals surface area contributed by atoms with Crippen molar-refractivity contribution >= 4 is 29.0 Å². The SMILES string of the molecule is Cc1ccccc1-n1c(C)nnc1SCc1nc(C(=O)NC2CCCCC2)cs1. The van der Waals surface area contributed by atoms with Crippen LogP contribution in [0.5, 0.6) is 0 Å². The molecule has 0 saturated heterocycles. The largest absolute Gasteiger partial charge is 0.348 e. The standard InChI is InChI=1S/C21H25N5OS2/c1-14-8-6-7-11-18(14)26-15(2)24-25-21(26)29-13-19-23-17(12-28-19)20(27)22-16-9-4-3-5-10-16/h6-8,11-12,16H,3-5,9-10,13H2,1-2H3,(H,22,27). The lowest BCUT2D eigenvalue weighted by atomic mass is 9.95. The van der Waals surface area contributed by atoms with Gasteiger partial charge in [0.1, 0.15) is 16.5 Å². The first-order valence-corrected chi connectivity index (χ1v) is 11.8. The lowest BCUT2D eigenvalue weighted by Crippen LogP contribution is -2.36. The topological polar surface area (TPSA) is 72.7 Å². The summed E-state index contributed by atoms with van der Waals surface area (Å²) in [7, 11) is 0. The van der Waals surface area contributed by atoms with Crippen LogP contribution in [0.25, 0.3) is 5.69 Å². The number of rotatable bonds is 6. The Morgan fingerprint density at radius 1 is 1.21 bits per heavy atom. The van der Waals surface area contributed by atoms with E-state index in [2.05, 4.69) is 44.1 Å². The third-order valence-electron chi connectivity index (χ3n) is 5.20. The Morgan fingerprint density at radius 2 is 2.00 bits per heavy atom. The number of nitrogens with zero attached hydrogens (tertiary/aromatic N) is 4. The van der Waals surface area contributed by atoms with E-state index < -0.39 is 0 Å². The highest BCUT2D eigenvalue weighted by molar-refractivity contribution is 7.98. The second-order valence-corrected chi connectivity index (χ2v) is 9.26. The fourth-order valence-electron chi connectivity index (χ4n) is 3.64. The van der Waals surface area contributed by atoms with Crippen LogP contribution in [0.1, 0.15) is 59.0 Å². The predicted octanol–water partition coefficient (Wildman–Crippen LogP) is 4.70. The van der Waals surface area contributed by atoms with E-state index in [-0.39, 0.29) is 5.91 Å². The summed E-state index contributed by atoms with van der Waals surface area (Å²) in [5.41, 5.74) is 2.78. The number of hydrogen-bond donors (Lipinski definition) is 1. The maximum absolute atomic E-state index is 12.5. The molecule has 2 aromatic heterocycles. The molecule has 29 heavy (non-hydrogen) atoms. The third kappa shape index (κ3) is 4.70. The summed E-state index contributed by atoms with van der Waals surface area (Å²) in [5.74, 6) is 1.46. The predicted molar refractivity (Wildman–Crippen MR) is 117 cm³/mol. The minimum atomic E-state index is -0.0525. The Morgan fingerprint density at radius 3 is 2.79 bits per heavy atom. The summed E-state index contributed by atoms with van der Waals surface area (Å²) >= 11 is 3.11. The van der Waals surface area contributed by atoms with Crippen LogP contribution < -0.4 is 5.32 Å². The Labute approximate surface area is 179 Å². The average molecular weight is 428 g/mol. The van der Waals surface area contributed by atoms with E-state index in [1.54, 1.807) is 11.8 Å².